The summed E-state index contributed by atoms with van der Waals surface area (Å²) in [6.07, 6.45) is 2.39. The molecule has 0 spiro atoms. The number of benzene rings is 1. The number of hydrogen-bond acceptors (Lipinski definition) is 7. The maximum Gasteiger partial charge on any atom is 0.278 e. The van der Waals surface area contributed by atoms with Crippen LogP contribution in [-0.4, -0.2) is 70.4 Å². The van der Waals surface area contributed by atoms with E-state index in [1.54, 1.807) is 31.2 Å². The molecule has 6 rings (SSSR count). The molecule has 4 aliphatic heterocycles. The third-order valence-electron chi connectivity index (χ3n) is 6.97. The topological polar surface area (TPSA) is 103 Å². The van der Waals surface area contributed by atoms with E-state index in [0.29, 0.717) is 60.7 Å². The van der Waals surface area contributed by atoms with E-state index in [-0.39, 0.29) is 23.8 Å². The molecular formula is C25H25N7O3. The third kappa shape index (κ3) is 3.30. The van der Waals surface area contributed by atoms with Crippen molar-refractivity contribution in [3.8, 4) is 11.8 Å². The number of hydrogen-bond donors (Lipinski definition) is 1. The van der Waals surface area contributed by atoms with E-state index in [0.717, 1.165) is 25.8 Å². The van der Waals surface area contributed by atoms with Gasteiger partial charge in [0.2, 0.25) is 11.9 Å². The molecule has 0 radical (unpaired) electrons. The molecule has 1 saturated heterocycles. The van der Waals surface area contributed by atoms with Crippen molar-refractivity contribution in [3.63, 3.8) is 0 Å². The first-order valence-corrected chi connectivity index (χ1v) is 11.9. The number of aliphatic imine (C=N–C) groups is 1. The minimum absolute atomic E-state index is 0.245. The zero-order valence-corrected chi connectivity index (χ0v) is 19.5. The maximum absolute atomic E-state index is 13.1. The molecule has 5 heterocycles. The number of guanidine groups is 1. The van der Waals surface area contributed by atoms with Crippen LogP contribution < -0.4 is 15.1 Å². The zero-order chi connectivity index (χ0) is 24.1. The number of nitrogens with one attached hydrogen (secondary N) is 1. The molecule has 1 fully saturated rings. The molecule has 0 bridgehead atoms. The van der Waals surface area contributed by atoms with Gasteiger partial charge >= 0.3 is 0 Å². The van der Waals surface area contributed by atoms with E-state index >= 15 is 0 Å². The lowest BCUT2D eigenvalue weighted by Crippen LogP contribution is -2.52. The van der Waals surface area contributed by atoms with Crippen LogP contribution in [0.5, 0.6) is 0 Å². The molecule has 0 aliphatic carbocycles. The first-order valence-electron chi connectivity index (χ1n) is 11.9. The SMILES string of the molecule is CC#CCn1c(N2CCC[C@@H](N3C(=O)c4ccccc4C3=O)C2)nc2c1C(=O)NC1=NCCCN12. The third-order valence-corrected chi connectivity index (χ3v) is 6.97. The van der Waals surface area contributed by atoms with Crippen molar-refractivity contribution in [3.05, 3.63) is 41.1 Å². The van der Waals surface area contributed by atoms with Crippen molar-refractivity contribution in [1.82, 2.24) is 19.8 Å². The maximum atomic E-state index is 13.1. The number of nitrogens with zero attached hydrogens (tertiary/aromatic N) is 6. The number of aromatic nitrogens is 2. The Morgan fingerprint density at radius 2 is 1.86 bits per heavy atom. The fourth-order valence-electron chi connectivity index (χ4n) is 5.36. The number of amides is 3. The molecule has 1 N–H and O–H groups in total. The molecule has 178 valence electrons. The number of carbonyl (C=O) groups excluding carboxylic acids is 3. The minimum atomic E-state index is -0.281. The molecule has 10 nitrogen and oxygen atoms in total. The first kappa shape index (κ1) is 21.4. The summed E-state index contributed by atoms with van der Waals surface area (Å²) in [5, 5.41) is 2.89. The van der Waals surface area contributed by atoms with Crippen LogP contribution in [0.4, 0.5) is 11.8 Å². The van der Waals surface area contributed by atoms with Gasteiger partial charge in [-0.3, -0.25) is 39.1 Å². The van der Waals surface area contributed by atoms with Gasteiger partial charge in [0.1, 0.15) is 0 Å². The van der Waals surface area contributed by atoms with Gasteiger partial charge in [-0.15, -0.1) is 5.92 Å². The quantitative estimate of drug-likeness (QED) is 0.537. The van der Waals surface area contributed by atoms with E-state index in [4.69, 9.17) is 4.98 Å². The number of imidazole rings is 1. The Balaban J connectivity index is 1.36. The summed E-state index contributed by atoms with van der Waals surface area (Å²) in [4.78, 5) is 54.0. The fraction of sp³-hybridized carbons (Fsp3) is 0.400. The van der Waals surface area contributed by atoms with Gasteiger partial charge in [-0.1, -0.05) is 18.1 Å². The van der Waals surface area contributed by atoms with Gasteiger partial charge in [0.25, 0.3) is 17.7 Å². The monoisotopic (exact) mass is 471 g/mol. The standard InChI is InChI=1S/C25H25N7O3/c1-2-3-13-30-19-20(31-14-7-11-26-24(31)28-21(19)33)27-25(30)29-12-6-8-16(15-29)32-22(34)17-9-4-5-10-18(17)23(32)35/h4-5,9-10,16H,6-8,11-15H2,1H3,(H,26,28,33)/t16-/m1/s1. The van der Waals surface area contributed by atoms with Crippen molar-refractivity contribution in [2.45, 2.75) is 38.8 Å². The van der Waals surface area contributed by atoms with Crippen molar-refractivity contribution in [1.29, 1.82) is 0 Å². The molecule has 1 aromatic heterocycles. The fourth-order valence-corrected chi connectivity index (χ4v) is 5.36. The van der Waals surface area contributed by atoms with Gasteiger partial charge in [-0.2, -0.15) is 4.98 Å². The van der Waals surface area contributed by atoms with Gasteiger partial charge in [0.15, 0.2) is 11.5 Å². The molecule has 0 saturated carbocycles. The lowest BCUT2D eigenvalue weighted by atomic mass is 10.0. The van der Waals surface area contributed by atoms with Gasteiger partial charge in [-0.05, 0) is 38.3 Å². The molecule has 1 atom stereocenters. The van der Waals surface area contributed by atoms with Crippen LogP contribution in [0.2, 0.25) is 0 Å². The summed E-state index contributed by atoms with van der Waals surface area (Å²) >= 11 is 0. The highest BCUT2D eigenvalue weighted by Crippen LogP contribution is 2.34. The number of rotatable bonds is 3. The first-order chi connectivity index (χ1) is 17.1. The van der Waals surface area contributed by atoms with Crippen LogP contribution in [0.25, 0.3) is 0 Å². The summed E-state index contributed by atoms with van der Waals surface area (Å²) in [7, 11) is 0. The summed E-state index contributed by atoms with van der Waals surface area (Å²) in [6, 6.07) is 6.68. The highest BCUT2D eigenvalue weighted by molar-refractivity contribution is 6.21. The molecule has 10 heteroatoms. The number of carbonyl (C=O) groups is 3. The molecular weight excluding hydrogens is 446 g/mol. The molecule has 2 aromatic rings. The summed E-state index contributed by atoms with van der Waals surface area (Å²) in [6.45, 7) is 4.62. The highest BCUT2D eigenvalue weighted by atomic mass is 16.2. The second-order valence-corrected chi connectivity index (χ2v) is 9.03. The number of imide groups is 1. The Morgan fingerprint density at radius 1 is 1.09 bits per heavy atom. The van der Waals surface area contributed by atoms with Crippen molar-refractivity contribution in [2.75, 3.05) is 36.0 Å². The minimum Gasteiger partial charge on any atom is -0.340 e. The van der Waals surface area contributed by atoms with E-state index in [1.807, 2.05) is 9.47 Å². The van der Waals surface area contributed by atoms with Gasteiger partial charge < -0.3 is 4.90 Å². The van der Waals surface area contributed by atoms with Crippen LogP contribution in [0.3, 0.4) is 0 Å². The van der Waals surface area contributed by atoms with Crippen LogP contribution >= 0.6 is 0 Å². The molecule has 1 aromatic carbocycles. The molecule has 4 aliphatic rings. The Kier molecular flexibility index (Phi) is 5.06. The van der Waals surface area contributed by atoms with Crippen molar-refractivity contribution < 1.29 is 14.4 Å². The predicted molar refractivity (Wildman–Crippen MR) is 130 cm³/mol. The summed E-state index contributed by atoms with van der Waals surface area (Å²) in [5.41, 5.74) is 1.38. The normalized spacial score (nSPS) is 21.1. The molecule has 0 unspecified atom stereocenters. The van der Waals surface area contributed by atoms with Crippen LogP contribution in [0.1, 0.15) is 57.4 Å². The van der Waals surface area contributed by atoms with Crippen molar-refractivity contribution >= 4 is 35.4 Å². The molecule has 3 amide bonds. The highest BCUT2D eigenvalue weighted by Gasteiger charge is 2.42. The smallest absolute Gasteiger partial charge is 0.278 e. The average Bonchev–Trinajstić information content (AvgIpc) is 3.39. The largest absolute Gasteiger partial charge is 0.340 e. The average molecular weight is 472 g/mol. The summed E-state index contributed by atoms with van der Waals surface area (Å²) < 4.78 is 1.84. The molecule has 35 heavy (non-hydrogen) atoms. The van der Waals surface area contributed by atoms with E-state index in [1.165, 1.54) is 4.90 Å². The Labute approximate surface area is 202 Å². The second-order valence-electron chi connectivity index (χ2n) is 9.03. The Morgan fingerprint density at radius 3 is 2.60 bits per heavy atom. The number of anilines is 2. The number of piperidine rings is 1. The van der Waals surface area contributed by atoms with E-state index in [2.05, 4.69) is 27.0 Å². The lowest BCUT2D eigenvalue weighted by molar-refractivity contribution is 0.0569. The number of fused-ring (bicyclic) bond motifs is 4. The summed E-state index contributed by atoms with van der Waals surface area (Å²) in [5.74, 6) is 6.98. The Bertz CT molecular complexity index is 1310. The van der Waals surface area contributed by atoms with Gasteiger partial charge in [0, 0.05) is 26.2 Å². The van der Waals surface area contributed by atoms with Crippen LogP contribution in [0, 0.1) is 11.8 Å². The van der Waals surface area contributed by atoms with Gasteiger partial charge in [-0.25, -0.2) is 0 Å². The second kappa shape index (κ2) is 8.27. The lowest BCUT2D eigenvalue weighted by Gasteiger charge is -2.37. The van der Waals surface area contributed by atoms with E-state index < -0.39 is 0 Å². The van der Waals surface area contributed by atoms with Gasteiger partial charge in [0.05, 0.1) is 23.7 Å². The van der Waals surface area contributed by atoms with Crippen molar-refractivity contribution in [2.24, 2.45) is 4.99 Å². The van der Waals surface area contributed by atoms with Crippen LogP contribution in [0.15, 0.2) is 29.3 Å². The van der Waals surface area contributed by atoms with Crippen LogP contribution in [-0.2, 0) is 6.54 Å². The zero-order valence-electron chi connectivity index (χ0n) is 19.5. The van der Waals surface area contributed by atoms with E-state index in [9.17, 15) is 14.4 Å². The Hall–Kier alpha value is -4.13. The predicted octanol–water partition coefficient (Wildman–Crippen LogP) is 1.48.